The van der Waals surface area contributed by atoms with Crippen molar-refractivity contribution in [1.29, 1.82) is 0 Å². The van der Waals surface area contributed by atoms with Crippen molar-refractivity contribution in [3.05, 3.63) is 54.1 Å². The van der Waals surface area contributed by atoms with E-state index in [0.717, 1.165) is 0 Å². The monoisotopic (exact) mass is 456 g/mol. The van der Waals surface area contributed by atoms with Crippen molar-refractivity contribution in [3.63, 3.8) is 0 Å². The molecule has 31 heavy (non-hydrogen) atoms. The lowest BCUT2D eigenvalue weighted by molar-refractivity contribution is -0.119. The molecule has 0 heterocycles. The molecule has 0 aliphatic heterocycles. The Bertz CT molecular complexity index is 991. The zero-order chi connectivity index (χ0) is 23.0. The smallest absolute Gasteiger partial charge is 0.387 e. The number of hydrogen-bond acceptors (Lipinski definition) is 6. The zero-order valence-corrected chi connectivity index (χ0v) is 17.7. The maximum atomic E-state index is 12.4. The number of halogens is 2. The summed E-state index contributed by atoms with van der Waals surface area (Å²) < 4.78 is 59.6. The highest BCUT2D eigenvalue weighted by molar-refractivity contribution is 7.89. The van der Waals surface area contributed by atoms with Gasteiger partial charge in [-0.25, -0.2) is 13.2 Å². The van der Waals surface area contributed by atoms with Crippen LogP contribution in [0.25, 0.3) is 0 Å². The van der Waals surface area contributed by atoms with E-state index in [1.807, 2.05) is 0 Å². The van der Waals surface area contributed by atoms with Gasteiger partial charge in [0, 0.05) is 18.8 Å². The van der Waals surface area contributed by atoms with Crippen LogP contribution in [-0.2, 0) is 19.6 Å². The van der Waals surface area contributed by atoms with Crippen LogP contribution in [0, 0.1) is 0 Å². The number of amides is 1. The van der Waals surface area contributed by atoms with Crippen molar-refractivity contribution in [2.45, 2.75) is 25.4 Å². The lowest BCUT2D eigenvalue weighted by Gasteiger charge is -2.18. The van der Waals surface area contributed by atoms with E-state index in [1.165, 1.54) is 52.8 Å². The van der Waals surface area contributed by atoms with Gasteiger partial charge in [-0.3, -0.25) is 4.79 Å². The molecule has 0 saturated carbocycles. The molecule has 0 bridgehead atoms. The van der Waals surface area contributed by atoms with Gasteiger partial charge in [-0.15, -0.1) is 0 Å². The Kier molecular flexibility index (Phi) is 8.46. The summed E-state index contributed by atoms with van der Waals surface area (Å²) in [6.07, 6.45) is 0. The summed E-state index contributed by atoms with van der Waals surface area (Å²) in [5, 5.41) is 2.44. The first-order valence-corrected chi connectivity index (χ1v) is 10.7. The second-order valence-electron chi connectivity index (χ2n) is 6.14. The van der Waals surface area contributed by atoms with Gasteiger partial charge in [0.05, 0.1) is 10.5 Å². The first-order valence-electron chi connectivity index (χ1n) is 9.29. The number of esters is 1. The summed E-state index contributed by atoms with van der Waals surface area (Å²) in [6, 6.07) is 10.4. The highest BCUT2D eigenvalue weighted by atomic mass is 32.2. The normalized spacial score (nSPS) is 11.4. The minimum atomic E-state index is -3.65. The number of benzene rings is 2. The van der Waals surface area contributed by atoms with Gasteiger partial charge in [-0.2, -0.15) is 13.1 Å². The van der Waals surface area contributed by atoms with Gasteiger partial charge in [0.2, 0.25) is 10.0 Å². The number of carbonyl (C=O) groups excluding carboxylic acids is 2. The number of nitrogens with one attached hydrogen (secondary N) is 1. The molecule has 0 aliphatic carbocycles. The molecule has 2 rings (SSSR count). The number of nitrogens with zero attached hydrogens (tertiary/aromatic N) is 1. The number of ether oxygens (including phenoxy) is 2. The molecule has 0 unspecified atom stereocenters. The van der Waals surface area contributed by atoms with E-state index in [1.54, 1.807) is 13.8 Å². The van der Waals surface area contributed by atoms with Gasteiger partial charge >= 0.3 is 12.6 Å². The predicted octanol–water partition coefficient (Wildman–Crippen LogP) is 3.11. The lowest BCUT2D eigenvalue weighted by Crippen LogP contribution is -2.30. The summed E-state index contributed by atoms with van der Waals surface area (Å²) in [5.41, 5.74) is 0.383. The average Bonchev–Trinajstić information content (AvgIpc) is 2.74. The number of rotatable bonds is 10. The van der Waals surface area contributed by atoms with Gasteiger partial charge in [0.1, 0.15) is 5.75 Å². The number of alkyl halides is 2. The second-order valence-corrected chi connectivity index (χ2v) is 8.08. The van der Waals surface area contributed by atoms with Gasteiger partial charge in [0.25, 0.3) is 5.91 Å². The molecule has 0 atom stereocenters. The molecule has 0 spiro atoms. The van der Waals surface area contributed by atoms with Gasteiger partial charge in [-0.05, 0) is 48.5 Å². The van der Waals surface area contributed by atoms with E-state index in [0.29, 0.717) is 18.8 Å². The fraction of sp³-hybridized carbons (Fsp3) is 0.300. The lowest BCUT2D eigenvalue weighted by atomic mass is 10.2. The van der Waals surface area contributed by atoms with Crippen molar-refractivity contribution >= 4 is 27.6 Å². The van der Waals surface area contributed by atoms with Crippen LogP contribution in [0.4, 0.5) is 14.5 Å². The maximum absolute atomic E-state index is 12.4. The van der Waals surface area contributed by atoms with Gasteiger partial charge in [0.15, 0.2) is 6.61 Å². The largest absolute Gasteiger partial charge is 0.452 e. The Balaban J connectivity index is 1.91. The number of anilines is 1. The quantitative estimate of drug-likeness (QED) is 0.551. The molecule has 8 nitrogen and oxygen atoms in total. The Morgan fingerprint density at radius 2 is 1.58 bits per heavy atom. The molecule has 2 aromatic carbocycles. The molecule has 0 aliphatic rings. The zero-order valence-electron chi connectivity index (χ0n) is 16.9. The summed E-state index contributed by atoms with van der Waals surface area (Å²) >= 11 is 0. The van der Waals surface area contributed by atoms with Crippen LogP contribution in [0.3, 0.4) is 0 Å². The van der Waals surface area contributed by atoms with E-state index in [-0.39, 0.29) is 16.2 Å². The van der Waals surface area contributed by atoms with Crippen LogP contribution < -0.4 is 10.1 Å². The van der Waals surface area contributed by atoms with Gasteiger partial charge < -0.3 is 14.8 Å². The van der Waals surface area contributed by atoms with Crippen molar-refractivity contribution in [2.24, 2.45) is 0 Å². The van der Waals surface area contributed by atoms with Crippen LogP contribution in [-0.4, -0.2) is 50.9 Å². The molecule has 2 aromatic rings. The minimum absolute atomic E-state index is 0.0461. The van der Waals surface area contributed by atoms with E-state index in [2.05, 4.69) is 10.1 Å². The number of sulfonamides is 1. The Morgan fingerprint density at radius 1 is 1.00 bits per heavy atom. The third kappa shape index (κ3) is 6.72. The molecule has 0 aromatic heterocycles. The van der Waals surface area contributed by atoms with Crippen LogP contribution in [0.15, 0.2) is 53.4 Å². The van der Waals surface area contributed by atoms with E-state index in [9.17, 15) is 26.8 Å². The van der Waals surface area contributed by atoms with E-state index < -0.39 is 35.1 Å². The molecule has 0 saturated heterocycles. The molecule has 0 radical (unpaired) electrons. The van der Waals surface area contributed by atoms with Crippen LogP contribution >= 0.6 is 0 Å². The van der Waals surface area contributed by atoms with Crippen LogP contribution in [0.1, 0.15) is 24.2 Å². The molecular weight excluding hydrogens is 434 g/mol. The summed E-state index contributed by atoms with van der Waals surface area (Å²) in [6.45, 7) is 0.547. The van der Waals surface area contributed by atoms with E-state index >= 15 is 0 Å². The van der Waals surface area contributed by atoms with Crippen molar-refractivity contribution in [1.82, 2.24) is 4.31 Å². The standard InChI is InChI=1S/C20H22F2N2O6S/c1-3-24(4-2)31(27,28)17-11-5-14(6-12-17)19(26)29-13-18(25)23-15-7-9-16(10-8-15)30-20(21)22/h5-12,20H,3-4,13H2,1-2H3,(H,23,25). The fourth-order valence-corrected chi connectivity index (χ4v) is 4.06. The molecule has 0 fully saturated rings. The van der Waals surface area contributed by atoms with Crippen LogP contribution in [0.2, 0.25) is 0 Å². The summed E-state index contributed by atoms with van der Waals surface area (Å²) in [5.74, 6) is -1.51. The third-order valence-electron chi connectivity index (χ3n) is 4.13. The Morgan fingerprint density at radius 3 is 2.10 bits per heavy atom. The number of hydrogen-bond donors (Lipinski definition) is 1. The highest BCUT2D eigenvalue weighted by Crippen LogP contribution is 2.18. The molecule has 1 amide bonds. The molecular formula is C20H22F2N2O6S. The number of carbonyl (C=O) groups is 2. The predicted molar refractivity (Wildman–Crippen MR) is 109 cm³/mol. The second kappa shape index (κ2) is 10.8. The Hall–Kier alpha value is -3.05. The summed E-state index contributed by atoms with van der Waals surface area (Å²) in [4.78, 5) is 24.1. The van der Waals surface area contributed by atoms with Crippen molar-refractivity contribution in [2.75, 3.05) is 25.0 Å². The highest BCUT2D eigenvalue weighted by Gasteiger charge is 2.22. The van der Waals surface area contributed by atoms with Gasteiger partial charge in [-0.1, -0.05) is 13.8 Å². The summed E-state index contributed by atoms with van der Waals surface area (Å²) in [7, 11) is -3.65. The minimum Gasteiger partial charge on any atom is -0.452 e. The van der Waals surface area contributed by atoms with Crippen molar-refractivity contribution in [3.8, 4) is 5.75 Å². The molecule has 11 heteroatoms. The first-order chi connectivity index (χ1) is 14.7. The molecule has 1 N–H and O–H groups in total. The third-order valence-corrected chi connectivity index (χ3v) is 6.19. The maximum Gasteiger partial charge on any atom is 0.387 e. The fourth-order valence-electron chi connectivity index (χ4n) is 2.61. The SMILES string of the molecule is CCN(CC)S(=O)(=O)c1ccc(C(=O)OCC(=O)Nc2ccc(OC(F)F)cc2)cc1. The molecule has 168 valence electrons. The average molecular weight is 456 g/mol. The van der Waals surface area contributed by atoms with Crippen LogP contribution in [0.5, 0.6) is 5.75 Å². The van der Waals surface area contributed by atoms with Crippen molar-refractivity contribution < 1.29 is 36.3 Å². The Labute approximate surface area is 178 Å². The van der Waals surface area contributed by atoms with E-state index in [4.69, 9.17) is 4.74 Å². The first kappa shape index (κ1) is 24.2. The topological polar surface area (TPSA) is 102 Å².